The number of hydrogen-bond donors (Lipinski definition) is 2. The summed E-state index contributed by atoms with van der Waals surface area (Å²) < 4.78 is 46.0. The predicted octanol–water partition coefficient (Wildman–Crippen LogP) is -0.212. The summed E-state index contributed by atoms with van der Waals surface area (Å²) in [6.07, 6.45) is 6.56. The van der Waals surface area contributed by atoms with Gasteiger partial charge >= 0.3 is 0 Å². The summed E-state index contributed by atoms with van der Waals surface area (Å²) in [6.45, 7) is 0.287. The van der Waals surface area contributed by atoms with E-state index in [1.165, 1.54) is 19.3 Å². The van der Waals surface area contributed by atoms with E-state index >= 15 is 0 Å². The van der Waals surface area contributed by atoms with Crippen molar-refractivity contribution >= 4 is 20.0 Å². The van der Waals surface area contributed by atoms with Crippen LogP contribution in [0.1, 0.15) is 32.1 Å². The molecule has 1 rings (SSSR count). The number of hydrogen-bond acceptors (Lipinski definition) is 5. The van der Waals surface area contributed by atoms with Crippen LogP contribution in [0.5, 0.6) is 0 Å². The largest absolute Gasteiger partial charge is 0.313 e. The Kier molecular flexibility index (Phi) is 5.36. The molecule has 8 heteroatoms. The van der Waals surface area contributed by atoms with Crippen LogP contribution >= 0.6 is 0 Å². The number of rotatable bonds is 6. The van der Waals surface area contributed by atoms with Crippen LogP contribution in [-0.2, 0) is 20.0 Å². The molecule has 6 nitrogen and oxygen atoms in total. The van der Waals surface area contributed by atoms with Crippen molar-refractivity contribution in [2.24, 2.45) is 0 Å². The van der Waals surface area contributed by atoms with Gasteiger partial charge in [-0.25, -0.2) is 16.8 Å². The molecule has 0 aliphatic heterocycles. The molecule has 0 atom stereocenters. The Morgan fingerprint density at radius 1 is 1.06 bits per heavy atom. The number of nitrogens with one attached hydrogen (secondary N) is 2. The highest BCUT2D eigenvalue weighted by Crippen LogP contribution is 2.16. The Bertz CT molecular complexity index is 424. The van der Waals surface area contributed by atoms with Gasteiger partial charge in [0.15, 0.2) is 0 Å². The Balaban J connectivity index is 2.30. The Morgan fingerprint density at radius 3 is 2.18 bits per heavy atom. The molecular weight excluding hydrogens is 264 g/mol. The van der Waals surface area contributed by atoms with E-state index in [0.29, 0.717) is 6.04 Å². The molecule has 0 spiro atoms. The quantitative estimate of drug-likeness (QED) is 0.704. The number of sulfonamides is 2. The molecule has 1 fully saturated rings. The summed E-state index contributed by atoms with van der Waals surface area (Å²) in [7, 11) is -7.44. The first-order chi connectivity index (χ1) is 7.79. The maximum Gasteiger partial charge on any atom is 0.225 e. The summed E-state index contributed by atoms with van der Waals surface area (Å²) in [5.74, 6) is -0.212. The topological polar surface area (TPSA) is 92.3 Å². The van der Waals surface area contributed by atoms with Crippen LogP contribution in [0.25, 0.3) is 0 Å². The van der Waals surface area contributed by atoms with Crippen LogP contribution in [0, 0.1) is 0 Å². The van der Waals surface area contributed by atoms with Gasteiger partial charge in [0.1, 0.15) is 0 Å². The fraction of sp³-hybridized carbons (Fsp3) is 1.00. The van der Waals surface area contributed by atoms with Crippen molar-refractivity contribution in [1.82, 2.24) is 9.44 Å². The van der Waals surface area contributed by atoms with Gasteiger partial charge in [-0.2, -0.15) is 0 Å². The molecule has 102 valence electrons. The highest BCUT2D eigenvalue weighted by atomic mass is 32.3. The van der Waals surface area contributed by atoms with Crippen LogP contribution in [0.2, 0.25) is 0 Å². The van der Waals surface area contributed by atoms with Crippen molar-refractivity contribution in [1.29, 1.82) is 0 Å². The van der Waals surface area contributed by atoms with Crippen LogP contribution in [0.15, 0.2) is 0 Å². The lowest BCUT2D eigenvalue weighted by Crippen LogP contribution is -2.39. The van der Waals surface area contributed by atoms with Crippen LogP contribution in [0.4, 0.5) is 0 Å². The third-order valence-corrected chi connectivity index (χ3v) is 5.66. The van der Waals surface area contributed by atoms with Gasteiger partial charge in [0.05, 0.1) is 12.0 Å². The van der Waals surface area contributed by atoms with Crippen LogP contribution in [0.3, 0.4) is 0 Å². The minimum atomic E-state index is -3.74. The molecule has 0 saturated heterocycles. The lowest BCUT2D eigenvalue weighted by Gasteiger charge is -2.22. The molecule has 0 radical (unpaired) electrons. The normalized spacial score (nSPS) is 19.4. The zero-order chi connectivity index (χ0) is 12.9. The molecule has 0 heterocycles. The third kappa shape index (κ3) is 6.97. The van der Waals surface area contributed by atoms with Crippen LogP contribution < -0.4 is 9.44 Å². The molecule has 0 bridgehead atoms. The van der Waals surface area contributed by atoms with E-state index in [1.54, 1.807) is 4.13 Å². The molecule has 17 heavy (non-hydrogen) atoms. The lowest BCUT2D eigenvalue weighted by molar-refractivity contribution is 0.380. The Morgan fingerprint density at radius 2 is 1.65 bits per heavy atom. The van der Waals surface area contributed by atoms with Gasteiger partial charge in [-0.3, -0.25) is 0 Å². The fourth-order valence-corrected chi connectivity index (χ4v) is 4.54. The summed E-state index contributed by atoms with van der Waals surface area (Å²) >= 11 is 0. The molecular formula is C9H20N2O4S2. The molecule has 1 aliphatic carbocycles. The smallest absolute Gasteiger partial charge is 0.225 e. The average Bonchev–Trinajstić information content (AvgIpc) is 2.15. The van der Waals surface area contributed by atoms with Gasteiger partial charge in [0.2, 0.25) is 20.0 Å². The lowest BCUT2D eigenvalue weighted by atomic mass is 9.96. The molecule has 0 aromatic carbocycles. The van der Waals surface area contributed by atoms with E-state index < -0.39 is 20.0 Å². The minimum Gasteiger partial charge on any atom is -0.313 e. The van der Waals surface area contributed by atoms with Crippen molar-refractivity contribution in [2.75, 3.05) is 18.6 Å². The van der Waals surface area contributed by atoms with E-state index in [4.69, 9.17) is 0 Å². The summed E-state index contributed by atoms with van der Waals surface area (Å²) in [5, 5.41) is 3.15. The Labute approximate surface area is 103 Å². The molecule has 0 unspecified atom stereocenters. The predicted molar refractivity (Wildman–Crippen MR) is 66.6 cm³/mol. The zero-order valence-electron chi connectivity index (χ0n) is 9.98. The first kappa shape index (κ1) is 14.9. The Hall–Kier alpha value is -0.180. The first-order valence-electron chi connectivity index (χ1n) is 5.73. The van der Waals surface area contributed by atoms with Crippen molar-refractivity contribution in [3.63, 3.8) is 0 Å². The summed E-state index contributed by atoms with van der Waals surface area (Å²) in [4.78, 5) is 0. The van der Waals surface area contributed by atoms with E-state index in [9.17, 15) is 16.8 Å². The first-order valence-corrected chi connectivity index (χ1v) is 9.27. The van der Waals surface area contributed by atoms with E-state index in [2.05, 4.69) is 5.32 Å². The van der Waals surface area contributed by atoms with Gasteiger partial charge in [0.25, 0.3) is 0 Å². The molecule has 2 N–H and O–H groups in total. The van der Waals surface area contributed by atoms with Gasteiger partial charge in [-0.1, -0.05) is 19.3 Å². The standard InChI is InChI=1S/C9H20N2O4S2/c1-16(12,13)11-17(14,15)8-7-10-9-5-3-2-4-6-9/h9-11H,2-8H2,1H3. The fourth-order valence-electron chi connectivity index (χ4n) is 1.98. The van der Waals surface area contributed by atoms with Gasteiger partial charge in [-0.15, -0.1) is 4.13 Å². The monoisotopic (exact) mass is 284 g/mol. The van der Waals surface area contributed by atoms with E-state index in [1.807, 2.05) is 0 Å². The second-order valence-corrected chi connectivity index (χ2v) is 8.31. The molecule has 1 aliphatic rings. The molecule has 1 saturated carbocycles. The summed E-state index contributed by atoms with van der Waals surface area (Å²) in [5.41, 5.74) is 0. The molecule has 0 amide bonds. The minimum absolute atomic E-state index is 0.212. The highest BCUT2D eigenvalue weighted by Gasteiger charge is 2.17. The molecule has 0 aromatic heterocycles. The highest BCUT2D eigenvalue weighted by molar-refractivity contribution is 8.04. The van der Waals surface area contributed by atoms with E-state index in [0.717, 1.165) is 19.1 Å². The van der Waals surface area contributed by atoms with Gasteiger partial charge in [-0.05, 0) is 12.8 Å². The van der Waals surface area contributed by atoms with Gasteiger partial charge in [0, 0.05) is 12.6 Å². The van der Waals surface area contributed by atoms with Gasteiger partial charge < -0.3 is 5.32 Å². The third-order valence-electron chi connectivity index (χ3n) is 2.69. The average molecular weight is 284 g/mol. The van der Waals surface area contributed by atoms with Crippen molar-refractivity contribution in [2.45, 2.75) is 38.1 Å². The maximum absolute atomic E-state index is 11.4. The van der Waals surface area contributed by atoms with Crippen molar-refractivity contribution in [3.05, 3.63) is 0 Å². The second-order valence-electron chi connectivity index (χ2n) is 4.46. The molecule has 0 aromatic rings. The SMILES string of the molecule is CS(=O)(=O)NS(=O)(=O)CCNC1CCCCC1. The van der Waals surface area contributed by atoms with Crippen molar-refractivity contribution in [3.8, 4) is 0 Å². The summed E-state index contributed by atoms with van der Waals surface area (Å²) in [6, 6.07) is 0.372. The zero-order valence-corrected chi connectivity index (χ0v) is 11.6. The van der Waals surface area contributed by atoms with E-state index in [-0.39, 0.29) is 12.3 Å². The maximum atomic E-state index is 11.4. The van der Waals surface area contributed by atoms with Crippen LogP contribution in [-0.4, -0.2) is 41.4 Å². The van der Waals surface area contributed by atoms with Crippen molar-refractivity contribution < 1.29 is 16.8 Å². The second kappa shape index (κ2) is 6.12.